The lowest BCUT2D eigenvalue weighted by atomic mass is 9.65. The Labute approximate surface area is 226 Å². The molecule has 5 nitrogen and oxygen atoms in total. The fourth-order valence-electron chi connectivity index (χ4n) is 6.28. The van der Waals surface area contributed by atoms with Crippen LogP contribution in [0.1, 0.15) is 42.4 Å². The van der Waals surface area contributed by atoms with Crippen molar-refractivity contribution >= 4 is 17.3 Å². The van der Waals surface area contributed by atoms with Gasteiger partial charge in [0, 0.05) is 30.6 Å². The van der Waals surface area contributed by atoms with Gasteiger partial charge in [-0.15, -0.1) is 0 Å². The molecule has 3 atom stereocenters. The van der Waals surface area contributed by atoms with Crippen LogP contribution in [0.3, 0.4) is 0 Å². The van der Waals surface area contributed by atoms with Crippen molar-refractivity contribution in [3.8, 4) is 11.5 Å². The van der Waals surface area contributed by atoms with Gasteiger partial charge in [0.05, 0.1) is 14.2 Å². The molecule has 2 N–H and O–H groups in total. The average molecular weight is 516 g/mol. The molecular formula is C31H37N3O2S. The van der Waals surface area contributed by atoms with Crippen LogP contribution >= 0.6 is 12.2 Å². The standard InChI is InChI=1S/C31H37N3O2S/c1-35-27-14-13-25(19-28(27)36-2)31-16-15-26(33-30(37)32-21-23-9-5-3-6-10-23)20-29(31)34(18-17-31)22-24-11-7-4-8-12-24/h3-14,19,26,29H,15-18,20-22H2,1-2H3,(H2,32,33,37). The van der Waals surface area contributed by atoms with Crippen LogP contribution in [0.5, 0.6) is 11.5 Å². The Hall–Kier alpha value is -3.09. The zero-order valence-electron chi connectivity index (χ0n) is 21.8. The van der Waals surface area contributed by atoms with E-state index in [2.05, 4.69) is 88.3 Å². The predicted octanol–water partition coefficient (Wildman–Crippen LogP) is 5.43. The molecule has 6 heteroatoms. The van der Waals surface area contributed by atoms with Gasteiger partial charge in [-0.25, -0.2) is 0 Å². The Morgan fingerprint density at radius 1 is 0.919 bits per heavy atom. The van der Waals surface area contributed by atoms with Crippen molar-refractivity contribution < 1.29 is 9.47 Å². The van der Waals surface area contributed by atoms with Crippen LogP contribution in [0, 0.1) is 0 Å². The number of nitrogens with one attached hydrogen (secondary N) is 2. The number of nitrogens with zero attached hydrogens (tertiary/aromatic N) is 1. The second-order valence-electron chi connectivity index (χ2n) is 10.2. The Balaban J connectivity index is 1.35. The summed E-state index contributed by atoms with van der Waals surface area (Å²) in [5.74, 6) is 1.59. The molecule has 1 aliphatic heterocycles. The van der Waals surface area contributed by atoms with Gasteiger partial charge in [0.15, 0.2) is 16.6 Å². The summed E-state index contributed by atoms with van der Waals surface area (Å²) in [7, 11) is 3.42. The van der Waals surface area contributed by atoms with E-state index in [1.54, 1.807) is 14.2 Å². The first-order valence-corrected chi connectivity index (χ1v) is 13.6. The van der Waals surface area contributed by atoms with Crippen LogP contribution in [0.15, 0.2) is 78.9 Å². The van der Waals surface area contributed by atoms with Crippen LogP contribution in [-0.2, 0) is 18.5 Å². The normalized spacial score (nSPS) is 23.2. The highest BCUT2D eigenvalue weighted by Crippen LogP contribution is 2.50. The summed E-state index contributed by atoms with van der Waals surface area (Å²) >= 11 is 5.70. The molecule has 3 unspecified atom stereocenters. The predicted molar refractivity (Wildman–Crippen MR) is 153 cm³/mol. The molecule has 2 fully saturated rings. The molecule has 1 saturated carbocycles. The van der Waals surface area contributed by atoms with Crippen LogP contribution in [-0.4, -0.2) is 42.9 Å². The van der Waals surface area contributed by atoms with Gasteiger partial charge < -0.3 is 20.1 Å². The Kier molecular flexibility index (Phi) is 7.96. The van der Waals surface area contributed by atoms with E-state index in [0.717, 1.165) is 61.9 Å². The van der Waals surface area contributed by atoms with Crippen LogP contribution in [0.25, 0.3) is 0 Å². The van der Waals surface area contributed by atoms with Crippen molar-refractivity contribution in [2.45, 2.75) is 56.3 Å². The fourth-order valence-corrected chi connectivity index (χ4v) is 6.52. The molecule has 1 saturated heterocycles. The molecule has 5 rings (SSSR count). The number of benzene rings is 3. The van der Waals surface area contributed by atoms with Gasteiger partial charge in [-0.2, -0.15) is 0 Å². The number of fused-ring (bicyclic) bond motifs is 1. The molecule has 0 aromatic heterocycles. The van der Waals surface area contributed by atoms with Gasteiger partial charge in [0.1, 0.15) is 0 Å². The van der Waals surface area contributed by atoms with Gasteiger partial charge in [-0.3, -0.25) is 4.90 Å². The highest BCUT2D eigenvalue weighted by Gasteiger charge is 2.51. The van der Waals surface area contributed by atoms with Crippen molar-refractivity contribution in [1.82, 2.24) is 15.5 Å². The summed E-state index contributed by atoms with van der Waals surface area (Å²) in [6.07, 6.45) is 4.38. The first kappa shape index (κ1) is 25.6. The molecule has 0 amide bonds. The topological polar surface area (TPSA) is 45.8 Å². The van der Waals surface area contributed by atoms with Crippen molar-refractivity contribution in [1.29, 1.82) is 0 Å². The molecule has 1 heterocycles. The fraction of sp³-hybridized carbons (Fsp3) is 0.387. The second kappa shape index (κ2) is 11.5. The van der Waals surface area contributed by atoms with Gasteiger partial charge in [0.2, 0.25) is 0 Å². The summed E-state index contributed by atoms with van der Waals surface area (Å²) in [4.78, 5) is 2.68. The number of thiocarbonyl (C=S) groups is 1. The highest BCUT2D eigenvalue weighted by molar-refractivity contribution is 7.80. The molecule has 0 radical (unpaired) electrons. The van der Waals surface area contributed by atoms with E-state index < -0.39 is 0 Å². The average Bonchev–Trinajstić information content (AvgIpc) is 3.31. The second-order valence-corrected chi connectivity index (χ2v) is 10.6. The maximum absolute atomic E-state index is 5.70. The lowest BCUT2D eigenvalue weighted by Crippen LogP contribution is -2.53. The maximum Gasteiger partial charge on any atom is 0.166 e. The third-order valence-electron chi connectivity index (χ3n) is 8.19. The number of hydrogen-bond acceptors (Lipinski definition) is 4. The van der Waals surface area contributed by atoms with Crippen LogP contribution in [0.4, 0.5) is 0 Å². The zero-order chi connectivity index (χ0) is 25.7. The zero-order valence-corrected chi connectivity index (χ0v) is 22.6. The van der Waals surface area contributed by atoms with E-state index in [9.17, 15) is 0 Å². The molecular weight excluding hydrogens is 478 g/mol. The van der Waals surface area contributed by atoms with Gasteiger partial charge in [-0.1, -0.05) is 66.7 Å². The summed E-state index contributed by atoms with van der Waals surface area (Å²) in [6, 6.07) is 28.5. The highest BCUT2D eigenvalue weighted by atomic mass is 32.1. The summed E-state index contributed by atoms with van der Waals surface area (Å²) < 4.78 is 11.2. The van der Waals surface area contributed by atoms with Gasteiger partial charge >= 0.3 is 0 Å². The van der Waals surface area contributed by atoms with Gasteiger partial charge in [0.25, 0.3) is 0 Å². The van der Waals surface area contributed by atoms with E-state index in [1.807, 2.05) is 6.07 Å². The lowest BCUT2D eigenvalue weighted by molar-refractivity contribution is 0.134. The summed E-state index contributed by atoms with van der Waals surface area (Å²) in [5, 5.41) is 7.78. The van der Waals surface area contributed by atoms with E-state index >= 15 is 0 Å². The molecule has 194 valence electrons. The molecule has 37 heavy (non-hydrogen) atoms. The van der Waals surface area contributed by atoms with Gasteiger partial charge in [-0.05, 0) is 73.3 Å². The molecule has 3 aromatic carbocycles. The van der Waals surface area contributed by atoms with E-state index in [-0.39, 0.29) is 5.41 Å². The third kappa shape index (κ3) is 5.60. The number of rotatable bonds is 8. The maximum atomic E-state index is 5.70. The van der Waals surface area contributed by atoms with E-state index in [1.165, 1.54) is 16.7 Å². The third-order valence-corrected chi connectivity index (χ3v) is 8.45. The van der Waals surface area contributed by atoms with Crippen LogP contribution in [0.2, 0.25) is 0 Å². The van der Waals surface area contributed by atoms with Crippen molar-refractivity contribution in [2.24, 2.45) is 0 Å². The minimum atomic E-state index is 0.0889. The number of methoxy groups -OCH3 is 2. The molecule has 3 aromatic rings. The van der Waals surface area contributed by atoms with E-state index in [0.29, 0.717) is 12.1 Å². The lowest BCUT2D eigenvalue weighted by Gasteiger charge is -2.46. The molecule has 0 bridgehead atoms. The quantitative estimate of drug-likeness (QED) is 0.390. The Morgan fingerprint density at radius 2 is 1.62 bits per heavy atom. The summed E-state index contributed by atoms with van der Waals surface area (Å²) in [6.45, 7) is 2.78. The first-order chi connectivity index (χ1) is 18.1. The Morgan fingerprint density at radius 3 is 2.32 bits per heavy atom. The monoisotopic (exact) mass is 515 g/mol. The Bertz CT molecular complexity index is 1190. The minimum Gasteiger partial charge on any atom is -0.493 e. The number of likely N-dealkylation sites (tertiary alicyclic amines) is 1. The summed E-state index contributed by atoms with van der Waals surface area (Å²) in [5.41, 5.74) is 4.04. The van der Waals surface area contributed by atoms with Crippen molar-refractivity contribution in [2.75, 3.05) is 20.8 Å². The largest absolute Gasteiger partial charge is 0.493 e. The molecule has 0 spiro atoms. The first-order valence-electron chi connectivity index (χ1n) is 13.2. The number of hydrogen-bond donors (Lipinski definition) is 2. The smallest absolute Gasteiger partial charge is 0.166 e. The van der Waals surface area contributed by atoms with Crippen molar-refractivity contribution in [3.63, 3.8) is 0 Å². The molecule has 2 aliphatic rings. The van der Waals surface area contributed by atoms with Crippen LogP contribution < -0.4 is 20.1 Å². The minimum absolute atomic E-state index is 0.0889. The van der Waals surface area contributed by atoms with E-state index in [4.69, 9.17) is 21.7 Å². The number of ether oxygens (including phenoxy) is 2. The SMILES string of the molecule is COc1ccc(C23CCC(NC(=S)NCc4ccccc4)CC2N(Cc2ccccc2)CC3)cc1OC. The van der Waals surface area contributed by atoms with Crippen molar-refractivity contribution in [3.05, 3.63) is 95.6 Å². The molecule has 1 aliphatic carbocycles.